The Hall–Kier alpha value is -2.37. The van der Waals surface area contributed by atoms with Gasteiger partial charge in [0.1, 0.15) is 17.3 Å². The Morgan fingerprint density at radius 2 is 2.14 bits per heavy atom. The Morgan fingerprint density at radius 3 is 2.95 bits per heavy atom. The van der Waals surface area contributed by atoms with Crippen LogP contribution in [-0.4, -0.2) is 31.0 Å². The van der Waals surface area contributed by atoms with E-state index in [1.807, 2.05) is 32.6 Å². The third-order valence-electron chi connectivity index (χ3n) is 3.43. The van der Waals surface area contributed by atoms with E-state index in [9.17, 15) is 0 Å². The number of H-pyrrole nitrogens is 1. The average Bonchev–Trinajstić information content (AvgIpc) is 3.06. The Bertz CT molecular complexity index is 713. The summed E-state index contributed by atoms with van der Waals surface area (Å²) in [6.07, 6.45) is 7.86. The van der Waals surface area contributed by atoms with E-state index in [1.54, 1.807) is 0 Å². The Labute approximate surface area is 123 Å². The van der Waals surface area contributed by atoms with Crippen molar-refractivity contribution < 1.29 is 0 Å². The van der Waals surface area contributed by atoms with Crippen LogP contribution in [0.3, 0.4) is 0 Å². The molecule has 21 heavy (non-hydrogen) atoms. The molecule has 6 heteroatoms. The summed E-state index contributed by atoms with van der Waals surface area (Å²) < 4.78 is 2.10. The number of fused-ring (bicyclic) bond motifs is 1. The van der Waals surface area contributed by atoms with Gasteiger partial charge in [0, 0.05) is 31.2 Å². The van der Waals surface area contributed by atoms with E-state index >= 15 is 0 Å². The topological polar surface area (TPSA) is 71.4 Å². The van der Waals surface area contributed by atoms with Crippen LogP contribution in [0.5, 0.6) is 0 Å². The van der Waals surface area contributed by atoms with Gasteiger partial charge in [-0.25, -0.2) is 15.0 Å². The number of anilines is 1. The lowest BCUT2D eigenvalue weighted by Crippen LogP contribution is -2.06. The number of aromatic amines is 1. The Morgan fingerprint density at radius 1 is 1.24 bits per heavy atom. The molecule has 0 radical (unpaired) electrons. The molecule has 0 unspecified atom stereocenters. The second-order valence-electron chi connectivity index (χ2n) is 5.27. The monoisotopic (exact) mass is 284 g/mol. The summed E-state index contributed by atoms with van der Waals surface area (Å²) in [6, 6.07) is 2.09. The van der Waals surface area contributed by atoms with Gasteiger partial charge >= 0.3 is 0 Å². The number of nitrogens with zero attached hydrogens (tertiary/aromatic N) is 4. The maximum atomic E-state index is 4.50. The largest absolute Gasteiger partial charge is 0.369 e. The van der Waals surface area contributed by atoms with Gasteiger partial charge < -0.3 is 14.9 Å². The highest BCUT2D eigenvalue weighted by molar-refractivity contribution is 5.87. The molecule has 3 rings (SSSR count). The van der Waals surface area contributed by atoms with Crippen molar-refractivity contribution in [3.63, 3.8) is 0 Å². The second-order valence-corrected chi connectivity index (χ2v) is 5.27. The molecular weight excluding hydrogens is 264 g/mol. The molecule has 0 aliphatic carbocycles. The van der Waals surface area contributed by atoms with E-state index in [0.717, 1.165) is 54.3 Å². The van der Waals surface area contributed by atoms with Gasteiger partial charge in [-0.3, -0.25) is 0 Å². The van der Waals surface area contributed by atoms with Crippen LogP contribution in [-0.2, 0) is 6.54 Å². The normalized spacial score (nSPS) is 11.1. The molecule has 0 saturated heterocycles. The third kappa shape index (κ3) is 3.21. The van der Waals surface area contributed by atoms with E-state index in [2.05, 4.69) is 35.9 Å². The molecule has 0 atom stereocenters. The summed E-state index contributed by atoms with van der Waals surface area (Å²) in [7, 11) is 0. The predicted molar refractivity (Wildman–Crippen MR) is 83.3 cm³/mol. The lowest BCUT2D eigenvalue weighted by molar-refractivity contribution is 0.621. The number of imidazole rings is 1. The summed E-state index contributed by atoms with van der Waals surface area (Å²) in [5, 5.41) is 4.49. The van der Waals surface area contributed by atoms with Gasteiger partial charge in [-0.05, 0) is 32.8 Å². The van der Waals surface area contributed by atoms with E-state index in [-0.39, 0.29) is 0 Å². The van der Waals surface area contributed by atoms with Gasteiger partial charge in [-0.1, -0.05) is 0 Å². The van der Waals surface area contributed by atoms with Crippen molar-refractivity contribution in [1.29, 1.82) is 0 Å². The molecule has 0 bridgehead atoms. The van der Waals surface area contributed by atoms with E-state index in [1.165, 1.54) is 0 Å². The summed E-state index contributed by atoms with van der Waals surface area (Å²) in [6.45, 7) is 5.86. The fraction of sp³-hybridized carbons (Fsp3) is 0.400. The van der Waals surface area contributed by atoms with Gasteiger partial charge in [-0.15, -0.1) is 0 Å². The van der Waals surface area contributed by atoms with E-state index < -0.39 is 0 Å². The number of hydrogen-bond acceptors (Lipinski definition) is 4. The van der Waals surface area contributed by atoms with E-state index in [4.69, 9.17) is 0 Å². The van der Waals surface area contributed by atoms with Crippen molar-refractivity contribution >= 4 is 16.9 Å². The minimum absolute atomic E-state index is 0.783. The summed E-state index contributed by atoms with van der Waals surface area (Å²) in [5.74, 6) is 1.70. The maximum absolute atomic E-state index is 4.50. The summed E-state index contributed by atoms with van der Waals surface area (Å²) in [4.78, 5) is 16.2. The summed E-state index contributed by atoms with van der Waals surface area (Å²) in [5.41, 5.74) is 2.01. The molecular formula is C15H20N6. The zero-order chi connectivity index (χ0) is 14.7. The second kappa shape index (κ2) is 5.95. The maximum Gasteiger partial charge on any atom is 0.143 e. The van der Waals surface area contributed by atoms with Crippen LogP contribution >= 0.6 is 0 Å². The van der Waals surface area contributed by atoms with Crippen molar-refractivity contribution in [3.05, 3.63) is 36.3 Å². The SMILES string of the molecule is Cc1nc(NCCCCn2ccnc2)c2cc(C)[nH]c2n1. The zero-order valence-corrected chi connectivity index (χ0v) is 12.4. The standard InChI is InChI=1S/C15H20N6/c1-11-9-13-14(19-12(2)20-15(13)18-11)17-5-3-4-7-21-8-6-16-10-21/h6,8-10H,3-5,7H2,1-2H3,(H2,17,18,19,20). The van der Waals surface area contributed by atoms with Crippen molar-refractivity contribution in [1.82, 2.24) is 24.5 Å². The first kappa shape index (κ1) is 13.6. The molecule has 110 valence electrons. The molecule has 3 heterocycles. The highest BCUT2D eigenvalue weighted by Gasteiger charge is 2.07. The third-order valence-corrected chi connectivity index (χ3v) is 3.43. The minimum atomic E-state index is 0.783. The molecule has 0 saturated carbocycles. The molecule has 0 aromatic carbocycles. The first-order valence-electron chi connectivity index (χ1n) is 7.26. The van der Waals surface area contributed by atoms with Crippen LogP contribution in [0, 0.1) is 13.8 Å². The van der Waals surface area contributed by atoms with E-state index in [0.29, 0.717) is 0 Å². The van der Waals surface area contributed by atoms with Crippen LogP contribution in [0.1, 0.15) is 24.4 Å². The Kier molecular flexibility index (Phi) is 3.85. The highest BCUT2D eigenvalue weighted by atomic mass is 15.1. The fourth-order valence-electron chi connectivity index (χ4n) is 2.43. The first-order chi connectivity index (χ1) is 10.2. The molecule has 0 spiro atoms. The molecule has 0 aliphatic rings. The number of unbranched alkanes of at least 4 members (excludes halogenated alkanes) is 1. The molecule has 6 nitrogen and oxygen atoms in total. The first-order valence-corrected chi connectivity index (χ1v) is 7.26. The molecule has 3 aromatic rings. The van der Waals surface area contributed by atoms with Gasteiger partial charge in [0.05, 0.1) is 11.7 Å². The highest BCUT2D eigenvalue weighted by Crippen LogP contribution is 2.21. The quantitative estimate of drug-likeness (QED) is 0.683. The zero-order valence-electron chi connectivity index (χ0n) is 12.4. The molecule has 0 fully saturated rings. The number of aromatic nitrogens is 5. The average molecular weight is 284 g/mol. The van der Waals surface area contributed by atoms with Crippen LogP contribution in [0.4, 0.5) is 5.82 Å². The van der Waals surface area contributed by atoms with Crippen LogP contribution < -0.4 is 5.32 Å². The fourth-order valence-corrected chi connectivity index (χ4v) is 2.43. The number of aryl methyl sites for hydroxylation is 3. The molecule has 3 aromatic heterocycles. The minimum Gasteiger partial charge on any atom is -0.369 e. The number of nitrogens with one attached hydrogen (secondary N) is 2. The van der Waals surface area contributed by atoms with Crippen LogP contribution in [0.2, 0.25) is 0 Å². The molecule has 0 amide bonds. The lowest BCUT2D eigenvalue weighted by atomic mass is 10.3. The van der Waals surface area contributed by atoms with Crippen LogP contribution in [0.25, 0.3) is 11.0 Å². The van der Waals surface area contributed by atoms with Crippen LogP contribution in [0.15, 0.2) is 24.8 Å². The van der Waals surface area contributed by atoms with Crippen molar-refractivity contribution in [2.75, 3.05) is 11.9 Å². The van der Waals surface area contributed by atoms with Gasteiger partial charge in [0.2, 0.25) is 0 Å². The lowest BCUT2D eigenvalue weighted by Gasteiger charge is -2.07. The van der Waals surface area contributed by atoms with Crippen molar-refractivity contribution in [3.8, 4) is 0 Å². The van der Waals surface area contributed by atoms with Crippen molar-refractivity contribution in [2.45, 2.75) is 33.2 Å². The predicted octanol–water partition coefficient (Wildman–Crippen LogP) is 2.66. The number of hydrogen-bond donors (Lipinski definition) is 2. The smallest absolute Gasteiger partial charge is 0.143 e. The Balaban J connectivity index is 1.57. The molecule has 2 N–H and O–H groups in total. The van der Waals surface area contributed by atoms with Gasteiger partial charge in [-0.2, -0.15) is 0 Å². The van der Waals surface area contributed by atoms with Gasteiger partial charge in [0.25, 0.3) is 0 Å². The van der Waals surface area contributed by atoms with Crippen molar-refractivity contribution in [2.24, 2.45) is 0 Å². The number of rotatable bonds is 6. The van der Waals surface area contributed by atoms with Gasteiger partial charge in [0.15, 0.2) is 0 Å². The molecule has 0 aliphatic heterocycles. The summed E-state index contributed by atoms with van der Waals surface area (Å²) >= 11 is 0.